The normalized spacial score (nSPS) is 25.5. The van der Waals surface area contributed by atoms with Crippen molar-refractivity contribution in [3.63, 3.8) is 0 Å². The lowest BCUT2D eigenvalue weighted by Crippen LogP contribution is -2.36. The van der Waals surface area contributed by atoms with E-state index in [2.05, 4.69) is 28.4 Å². The average molecular weight is 249 g/mol. The number of rotatable bonds is 5. The van der Waals surface area contributed by atoms with E-state index in [9.17, 15) is 0 Å². The first-order chi connectivity index (χ1) is 8.81. The van der Waals surface area contributed by atoms with Crippen LogP contribution < -0.4 is 5.32 Å². The molecule has 1 atom stereocenters. The molecule has 4 nitrogen and oxygen atoms in total. The van der Waals surface area contributed by atoms with Crippen molar-refractivity contribution >= 4 is 0 Å². The lowest BCUT2D eigenvalue weighted by Gasteiger charge is -2.32. The van der Waals surface area contributed by atoms with Gasteiger partial charge in [0.05, 0.1) is 12.2 Å². The van der Waals surface area contributed by atoms with E-state index in [0.29, 0.717) is 6.04 Å². The van der Waals surface area contributed by atoms with Crippen LogP contribution in [0.25, 0.3) is 0 Å². The monoisotopic (exact) mass is 249 g/mol. The third kappa shape index (κ3) is 3.12. The molecule has 2 heterocycles. The van der Waals surface area contributed by atoms with E-state index in [-0.39, 0.29) is 0 Å². The summed E-state index contributed by atoms with van der Waals surface area (Å²) in [5.41, 5.74) is 1.04. The second kappa shape index (κ2) is 5.41. The molecule has 1 aromatic heterocycles. The molecule has 2 fully saturated rings. The van der Waals surface area contributed by atoms with Gasteiger partial charge in [-0.1, -0.05) is 11.6 Å². The zero-order chi connectivity index (χ0) is 12.4. The zero-order valence-corrected chi connectivity index (χ0v) is 11.2. The molecule has 1 aliphatic carbocycles. The third-order valence-corrected chi connectivity index (χ3v) is 4.06. The van der Waals surface area contributed by atoms with E-state index < -0.39 is 0 Å². The van der Waals surface area contributed by atoms with Gasteiger partial charge in [-0.2, -0.15) is 0 Å². The number of likely N-dealkylation sites (tertiary alicyclic amines) is 1. The third-order valence-electron chi connectivity index (χ3n) is 4.06. The molecule has 0 spiro atoms. The lowest BCUT2D eigenvalue weighted by atomic mass is 10.0. The van der Waals surface area contributed by atoms with Crippen LogP contribution in [0.1, 0.15) is 50.5 Å². The van der Waals surface area contributed by atoms with E-state index in [1.54, 1.807) is 0 Å². The molecule has 0 bridgehead atoms. The van der Waals surface area contributed by atoms with Gasteiger partial charge in [0.1, 0.15) is 0 Å². The van der Waals surface area contributed by atoms with E-state index in [4.69, 9.17) is 4.52 Å². The summed E-state index contributed by atoms with van der Waals surface area (Å²) in [7, 11) is 0. The Morgan fingerprint density at radius 3 is 3.06 bits per heavy atom. The molecular formula is C14H23N3O. The van der Waals surface area contributed by atoms with Gasteiger partial charge >= 0.3 is 0 Å². The maximum atomic E-state index is 5.44. The van der Waals surface area contributed by atoms with Crippen LogP contribution in [0.4, 0.5) is 0 Å². The van der Waals surface area contributed by atoms with E-state index in [1.165, 1.54) is 38.6 Å². The maximum absolute atomic E-state index is 5.44. The van der Waals surface area contributed by atoms with Gasteiger partial charge in [-0.3, -0.25) is 4.90 Å². The van der Waals surface area contributed by atoms with Gasteiger partial charge in [0, 0.05) is 24.7 Å². The largest absolute Gasteiger partial charge is 0.360 e. The first-order valence-electron chi connectivity index (χ1n) is 7.23. The van der Waals surface area contributed by atoms with E-state index >= 15 is 0 Å². The first kappa shape index (κ1) is 12.2. The maximum Gasteiger partial charge on any atom is 0.151 e. The predicted octanol–water partition coefficient (Wildman–Crippen LogP) is 2.30. The van der Waals surface area contributed by atoms with Crippen molar-refractivity contribution in [1.82, 2.24) is 15.4 Å². The fraction of sp³-hybridized carbons (Fsp3) is 0.786. The summed E-state index contributed by atoms with van der Waals surface area (Å²) in [6.07, 6.45) is 6.62. The van der Waals surface area contributed by atoms with Crippen LogP contribution in [0, 0.1) is 0 Å². The summed E-state index contributed by atoms with van der Waals surface area (Å²) >= 11 is 0. The number of piperidine rings is 1. The molecule has 2 aliphatic rings. The SMILES string of the molecule is CC1CCCCN1Cc1cc(CNC2CC2)no1. The first-order valence-corrected chi connectivity index (χ1v) is 7.23. The van der Waals surface area contributed by atoms with Crippen molar-refractivity contribution < 1.29 is 4.52 Å². The summed E-state index contributed by atoms with van der Waals surface area (Å²) in [6.45, 7) is 5.27. The number of nitrogens with zero attached hydrogens (tertiary/aromatic N) is 2. The van der Waals surface area contributed by atoms with Gasteiger partial charge in [0.15, 0.2) is 5.76 Å². The molecule has 1 saturated heterocycles. The summed E-state index contributed by atoms with van der Waals surface area (Å²) in [6, 6.07) is 3.51. The lowest BCUT2D eigenvalue weighted by molar-refractivity contribution is 0.137. The summed E-state index contributed by atoms with van der Waals surface area (Å²) in [5, 5.41) is 7.60. The Hall–Kier alpha value is -0.870. The minimum absolute atomic E-state index is 0.678. The number of hydrogen-bond acceptors (Lipinski definition) is 4. The van der Waals surface area contributed by atoms with E-state index in [1.807, 2.05) is 0 Å². The number of nitrogens with one attached hydrogen (secondary N) is 1. The zero-order valence-electron chi connectivity index (χ0n) is 11.2. The van der Waals surface area contributed by atoms with Gasteiger partial charge in [0.2, 0.25) is 0 Å². The average Bonchev–Trinajstić information content (AvgIpc) is 3.10. The van der Waals surface area contributed by atoms with Crippen molar-refractivity contribution in [2.45, 2.75) is 64.2 Å². The minimum Gasteiger partial charge on any atom is -0.360 e. The van der Waals surface area contributed by atoms with Crippen LogP contribution in [-0.4, -0.2) is 28.7 Å². The molecule has 4 heteroatoms. The second-order valence-electron chi connectivity index (χ2n) is 5.76. The predicted molar refractivity (Wildman–Crippen MR) is 70.1 cm³/mol. The van der Waals surface area contributed by atoms with Crippen molar-refractivity contribution in [3.8, 4) is 0 Å². The molecule has 3 rings (SSSR count). The van der Waals surface area contributed by atoms with Crippen molar-refractivity contribution in [3.05, 3.63) is 17.5 Å². The Morgan fingerprint density at radius 1 is 1.39 bits per heavy atom. The number of hydrogen-bond donors (Lipinski definition) is 1. The molecular weight excluding hydrogens is 226 g/mol. The second-order valence-corrected chi connectivity index (χ2v) is 5.76. The highest BCUT2D eigenvalue weighted by atomic mass is 16.5. The van der Waals surface area contributed by atoms with Gasteiger partial charge in [-0.05, 0) is 39.2 Å². The Labute approximate surface area is 109 Å². The molecule has 1 saturated carbocycles. The molecule has 100 valence electrons. The standard InChI is InChI=1S/C14H23N3O/c1-11-4-2-3-7-17(11)10-14-8-13(16-18-14)9-15-12-5-6-12/h8,11-12,15H,2-7,9-10H2,1H3. The Kier molecular flexibility index (Phi) is 3.66. The Morgan fingerprint density at radius 2 is 2.28 bits per heavy atom. The highest BCUT2D eigenvalue weighted by Gasteiger charge is 2.22. The van der Waals surface area contributed by atoms with Crippen molar-refractivity contribution in [2.75, 3.05) is 6.54 Å². The topological polar surface area (TPSA) is 41.3 Å². The molecule has 1 unspecified atom stereocenters. The van der Waals surface area contributed by atoms with Crippen LogP contribution in [0.15, 0.2) is 10.6 Å². The molecule has 0 aromatic carbocycles. The quantitative estimate of drug-likeness (QED) is 0.869. The highest BCUT2D eigenvalue weighted by Crippen LogP contribution is 2.21. The molecule has 1 aromatic rings. The van der Waals surface area contributed by atoms with Gasteiger partial charge < -0.3 is 9.84 Å². The van der Waals surface area contributed by atoms with Crippen molar-refractivity contribution in [2.24, 2.45) is 0 Å². The smallest absolute Gasteiger partial charge is 0.151 e. The summed E-state index contributed by atoms with van der Waals surface area (Å²) < 4.78 is 5.44. The Balaban J connectivity index is 1.51. The minimum atomic E-state index is 0.678. The summed E-state index contributed by atoms with van der Waals surface area (Å²) in [5.74, 6) is 1.01. The van der Waals surface area contributed by atoms with Crippen LogP contribution in [0.3, 0.4) is 0 Å². The van der Waals surface area contributed by atoms with Crippen molar-refractivity contribution in [1.29, 1.82) is 0 Å². The van der Waals surface area contributed by atoms with E-state index in [0.717, 1.165) is 30.6 Å². The molecule has 1 aliphatic heterocycles. The highest BCUT2D eigenvalue weighted by molar-refractivity contribution is 5.06. The Bertz CT molecular complexity index is 386. The van der Waals surface area contributed by atoms with Gasteiger partial charge in [0.25, 0.3) is 0 Å². The van der Waals surface area contributed by atoms with Crippen LogP contribution in [-0.2, 0) is 13.1 Å². The molecule has 0 amide bonds. The van der Waals surface area contributed by atoms with Crippen LogP contribution in [0.5, 0.6) is 0 Å². The summed E-state index contributed by atoms with van der Waals surface area (Å²) in [4.78, 5) is 2.50. The molecule has 0 radical (unpaired) electrons. The molecule has 1 N–H and O–H groups in total. The fourth-order valence-corrected chi connectivity index (χ4v) is 2.64. The fourth-order valence-electron chi connectivity index (χ4n) is 2.64. The van der Waals surface area contributed by atoms with Crippen LogP contribution in [0.2, 0.25) is 0 Å². The van der Waals surface area contributed by atoms with Crippen LogP contribution >= 0.6 is 0 Å². The van der Waals surface area contributed by atoms with Gasteiger partial charge in [-0.25, -0.2) is 0 Å². The molecule has 18 heavy (non-hydrogen) atoms. The number of aromatic nitrogens is 1. The van der Waals surface area contributed by atoms with Gasteiger partial charge in [-0.15, -0.1) is 0 Å².